The highest BCUT2D eigenvalue weighted by atomic mass is 127. The van der Waals surface area contributed by atoms with Gasteiger partial charge in [0.2, 0.25) is 0 Å². The molecule has 6 heteroatoms. The normalized spacial score (nSPS) is 16.2. The number of nitrogens with zero attached hydrogens (tertiary/aromatic N) is 2. The van der Waals surface area contributed by atoms with Crippen molar-refractivity contribution in [1.82, 2.24) is 15.5 Å². The van der Waals surface area contributed by atoms with Crippen LogP contribution in [0.4, 0.5) is 0 Å². The number of likely N-dealkylation sites (tertiary alicyclic amines) is 1. The number of piperidine rings is 1. The smallest absolute Gasteiger partial charge is 0.191 e. The van der Waals surface area contributed by atoms with Crippen LogP contribution in [0.2, 0.25) is 0 Å². The highest BCUT2D eigenvalue weighted by Gasteiger charge is 2.19. The Morgan fingerprint density at radius 2 is 2.08 bits per heavy atom. The summed E-state index contributed by atoms with van der Waals surface area (Å²) in [6.45, 7) is 9.26. The molecule has 1 aliphatic rings. The van der Waals surface area contributed by atoms with E-state index in [0.29, 0.717) is 12.6 Å². The predicted molar refractivity (Wildman–Crippen MR) is 116 cm³/mol. The summed E-state index contributed by atoms with van der Waals surface area (Å²) in [5.41, 5.74) is 1.22. The first-order chi connectivity index (χ1) is 11.7. The monoisotopic (exact) mass is 460 g/mol. The van der Waals surface area contributed by atoms with Crippen molar-refractivity contribution >= 4 is 29.9 Å². The summed E-state index contributed by atoms with van der Waals surface area (Å²) < 4.78 is 5.76. The van der Waals surface area contributed by atoms with Gasteiger partial charge < -0.3 is 20.3 Å². The van der Waals surface area contributed by atoms with Gasteiger partial charge in [0.1, 0.15) is 12.4 Å². The SMILES string of the molecule is CCCN1CCC(NC(=NC)NCCOc2cccc(C)c2)CC1.I. The van der Waals surface area contributed by atoms with Gasteiger partial charge in [-0.3, -0.25) is 4.99 Å². The lowest BCUT2D eigenvalue weighted by atomic mass is 10.1. The summed E-state index contributed by atoms with van der Waals surface area (Å²) >= 11 is 0. The van der Waals surface area contributed by atoms with Gasteiger partial charge in [-0.2, -0.15) is 0 Å². The van der Waals surface area contributed by atoms with Gasteiger partial charge in [0, 0.05) is 26.2 Å². The number of nitrogens with one attached hydrogen (secondary N) is 2. The molecule has 0 aliphatic carbocycles. The number of hydrogen-bond donors (Lipinski definition) is 2. The molecular weight excluding hydrogens is 427 g/mol. The number of rotatable bonds is 7. The number of aryl methyl sites for hydroxylation is 1. The van der Waals surface area contributed by atoms with Gasteiger partial charge in [0.25, 0.3) is 0 Å². The van der Waals surface area contributed by atoms with Crippen LogP contribution in [0.15, 0.2) is 29.3 Å². The Hall–Kier alpha value is -1.02. The van der Waals surface area contributed by atoms with Crippen molar-refractivity contribution in [3.8, 4) is 5.75 Å². The quantitative estimate of drug-likeness (QED) is 0.284. The Bertz CT molecular complexity index is 516. The van der Waals surface area contributed by atoms with Gasteiger partial charge >= 0.3 is 0 Å². The minimum atomic E-state index is 0. The molecule has 0 spiro atoms. The average molecular weight is 460 g/mol. The molecule has 0 saturated carbocycles. The van der Waals surface area contributed by atoms with Crippen LogP contribution in [-0.4, -0.2) is 56.7 Å². The second-order valence-electron chi connectivity index (χ2n) is 6.42. The lowest BCUT2D eigenvalue weighted by Crippen LogP contribution is -2.49. The number of halogens is 1. The van der Waals surface area contributed by atoms with Crippen LogP contribution in [0.25, 0.3) is 0 Å². The van der Waals surface area contributed by atoms with E-state index in [1.54, 1.807) is 0 Å². The molecule has 142 valence electrons. The van der Waals surface area contributed by atoms with E-state index in [4.69, 9.17) is 4.74 Å². The van der Waals surface area contributed by atoms with Crippen LogP contribution >= 0.6 is 24.0 Å². The first kappa shape index (κ1) is 22.0. The molecule has 2 N–H and O–H groups in total. The Morgan fingerprint density at radius 3 is 2.72 bits per heavy atom. The average Bonchev–Trinajstić information content (AvgIpc) is 2.59. The molecule has 0 radical (unpaired) electrons. The summed E-state index contributed by atoms with van der Waals surface area (Å²) in [4.78, 5) is 6.87. The molecule has 1 heterocycles. The zero-order chi connectivity index (χ0) is 17.2. The van der Waals surface area contributed by atoms with Gasteiger partial charge in [-0.25, -0.2) is 0 Å². The Labute approximate surface area is 169 Å². The minimum absolute atomic E-state index is 0. The summed E-state index contributed by atoms with van der Waals surface area (Å²) in [7, 11) is 1.82. The van der Waals surface area contributed by atoms with Crippen molar-refractivity contribution in [2.24, 2.45) is 4.99 Å². The first-order valence-corrected chi connectivity index (χ1v) is 9.10. The van der Waals surface area contributed by atoms with Crippen molar-refractivity contribution in [3.63, 3.8) is 0 Å². The van der Waals surface area contributed by atoms with Crippen molar-refractivity contribution in [2.45, 2.75) is 39.2 Å². The van der Waals surface area contributed by atoms with Gasteiger partial charge in [-0.1, -0.05) is 19.1 Å². The molecule has 1 saturated heterocycles. The third-order valence-electron chi connectivity index (χ3n) is 4.34. The molecule has 1 fully saturated rings. The van der Waals surface area contributed by atoms with Gasteiger partial charge in [0.05, 0.1) is 6.54 Å². The molecule has 25 heavy (non-hydrogen) atoms. The first-order valence-electron chi connectivity index (χ1n) is 9.10. The van der Waals surface area contributed by atoms with E-state index in [9.17, 15) is 0 Å². The predicted octanol–water partition coefficient (Wildman–Crippen LogP) is 3.03. The topological polar surface area (TPSA) is 48.9 Å². The molecule has 5 nitrogen and oxygen atoms in total. The minimum Gasteiger partial charge on any atom is -0.492 e. The van der Waals surface area contributed by atoms with Crippen LogP contribution in [0, 0.1) is 6.92 Å². The van der Waals surface area contributed by atoms with Crippen LogP contribution in [0.3, 0.4) is 0 Å². The lowest BCUT2D eigenvalue weighted by Gasteiger charge is -2.32. The van der Waals surface area contributed by atoms with Crippen LogP contribution < -0.4 is 15.4 Å². The maximum absolute atomic E-state index is 5.76. The molecule has 0 atom stereocenters. The van der Waals surface area contributed by atoms with Crippen LogP contribution in [-0.2, 0) is 0 Å². The number of ether oxygens (including phenoxy) is 1. The molecule has 1 aliphatic heterocycles. The molecule has 0 unspecified atom stereocenters. The van der Waals surface area contributed by atoms with Gasteiger partial charge in [-0.15, -0.1) is 24.0 Å². The van der Waals surface area contributed by atoms with E-state index in [0.717, 1.165) is 18.3 Å². The van der Waals surface area contributed by atoms with E-state index < -0.39 is 0 Å². The molecule has 0 aromatic heterocycles. The van der Waals surface area contributed by atoms with Gasteiger partial charge in [-0.05, 0) is 50.4 Å². The Kier molecular flexibility index (Phi) is 10.9. The highest BCUT2D eigenvalue weighted by Crippen LogP contribution is 2.12. The van der Waals surface area contributed by atoms with Crippen LogP contribution in [0.5, 0.6) is 5.75 Å². The van der Waals surface area contributed by atoms with Gasteiger partial charge in [0.15, 0.2) is 5.96 Å². The molecule has 0 amide bonds. The van der Waals surface area contributed by atoms with E-state index in [2.05, 4.69) is 46.5 Å². The fraction of sp³-hybridized carbons (Fsp3) is 0.632. The molecular formula is C19H33IN4O. The highest BCUT2D eigenvalue weighted by molar-refractivity contribution is 14.0. The molecule has 1 aromatic rings. The molecule has 1 aromatic carbocycles. The van der Waals surface area contributed by atoms with E-state index >= 15 is 0 Å². The summed E-state index contributed by atoms with van der Waals surface area (Å²) in [5, 5.41) is 6.87. The van der Waals surface area contributed by atoms with E-state index in [1.807, 2.05) is 19.2 Å². The Balaban J connectivity index is 0.00000312. The number of guanidine groups is 1. The standard InChI is InChI=1S/C19H32N4O.HI/c1-4-11-23-12-8-17(9-13-23)22-19(20-3)21-10-14-24-18-7-5-6-16(2)15-18;/h5-7,15,17H,4,8-14H2,1-3H3,(H2,20,21,22);1H. The fourth-order valence-corrected chi connectivity index (χ4v) is 3.05. The zero-order valence-electron chi connectivity index (χ0n) is 15.8. The van der Waals surface area contributed by atoms with Crippen LogP contribution in [0.1, 0.15) is 31.7 Å². The van der Waals surface area contributed by atoms with Crippen molar-refractivity contribution in [2.75, 3.05) is 39.8 Å². The summed E-state index contributed by atoms with van der Waals surface area (Å²) in [6.07, 6.45) is 3.60. The number of benzene rings is 1. The number of aliphatic imine (C=N–C) groups is 1. The maximum atomic E-state index is 5.76. The summed E-state index contributed by atoms with van der Waals surface area (Å²) in [5.74, 6) is 1.79. The largest absolute Gasteiger partial charge is 0.492 e. The maximum Gasteiger partial charge on any atom is 0.191 e. The third kappa shape index (κ3) is 8.27. The second-order valence-corrected chi connectivity index (χ2v) is 6.42. The second kappa shape index (κ2) is 12.4. The van der Waals surface area contributed by atoms with E-state index in [1.165, 1.54) is 44.5 Å². The molecule has 0 bridgehead atoms. The number of hydrogen-bond acceptors (Lipinski definition) is 3. The Morgan fingerprint density at radius 1 is 1.32 bits per heavy atom. The third-order valence-corrected chi connectivity index (χ3v) is 4.34. The lowest BCUT2D eigenvalue weighted by molar-refractivity contribution is 0.206. The summed E-state index contributed by atoms with van der Waals surface area (Å²) in [6, 6.07) is 8.65. The van der Waals surface area contributed by atoms with Crippen molar-refractivity contribution < 1.29 is 4.74 Å². The van der Waals surface area contributed by atoms with Crippen molar-refractivity contribution in [1.29, 1.82) is 0 Å². The van der Waals surface area contributed by atoms with E-state index in [-0.39, 0.29) is 24.0 Å². The fourth-order valence-electron chi connectivity index (χ4n) is 3.05. The zero-order valence-corrected chi connectivity index (χ0v) is 18.1. The van der Waals surface area contributed by atoms with Crippen molar-refractivity contribution in [3.05, 3.63) is 29.8 Å². The molecule has 2 rings (SSSR count).